The number of hydrogen-bond donors (Lipinski definition) is 2. The summed E-state index contributed by atoms with van der Waals surface area (Å²) in [6.07, 6.45) is 13.9. The van der Waals surface area contributed by atoms with Crippen molar-refractivity contribution in [1.82, 2.24) is 0 Å². The first kappa shape index (κ1) is 22.6. The normalized spacial score (nSPS) is 60.5. The van der Waals surface area contributed by atoms with E-state index in [9.17, 15) is 15.0 Å². The van der Waals surface area contributed by atoms with Crippen LogP contribution in [0.5, 0.6) is 0 Å². The highest BCUT2D eigenvalue weighted by molar-refractivity contribution is 5.71. The minimum Gasteiger partial charge on any atom is -0.481 e. The fraction of sp³-hybridized carbons (Fsp3) is 0.900. The summed E-state index contributed by atoms with van der Waals surface area (Å²) in [5.74, 6) is 2.50. The highest BCUT2D eigenvalue weighted by atomic mass is 16.4. The molecule has 5 saturated carbocycles. The topological polar surface area (TPSA) is 57.5 Å². The SMILES string of the molecule is CC1CCC2C(C(=O)O)CC34CC3(C=CC3C5(C)CCC(O)C(C)(C)C5CCC34C)C2C1C. The van der Waals surface area contributed by atoms with Gasteiger partial charge in [0.1, 0.15) is 0 Å². The van der Waals surface area contributed by atoms with Crippen molar-refractivity contribution in [2.24, 2.45) is 68.5 Å². The van der Waals surface area contributed by atoms with Crippen molar-refractivity contribution < 1.29 is 15.0 Å². The molecule has 0 amide bonds. The molecule has 12 atom stereocenters. The molecule has 3 nitrogen and oxygen atoms in total. The van der Waals surface area contributed by atoms with Gasteiger partial charge in [-0.3, -0.25) is 4.79 Å². The highest BCUT2D eigenvalue weighted by Gasteiger charge is 2.83. The van der Waals surface area contributed by atoms with Crippen LogP contribution in [0.1, 0.15) is 92.9 Å². The van der Waals surface area contributed by atoms with E-state index in [-0.39, 0.29) is 39.1 Å². The van der Waals surface area contributed by atoms with Crippen molar-refractivity contribution in [2.45, 2.75) is 99.0 Å². The Labute approximate surface area is 200 Å². The fourth-order valence-electron chi connectivity index (χ4n) is 11.9. The van der Waals surface area contributed by atoms with Crippen molar-refractivity contribution in [3.63, 3.8) is 0 Å². The number of rotatable bonds is 1. The molecule has 12 unspecified atom stereocenters. The first-order valence-electron chi connectivity index (χ1n) is 14.0. The number of carboxylic acid groups (broad SMARTS) is 1. The molecule has 0 spiro atoms. The van der Waals surface area contributed by atoms with Crippen LogP contribution in [0, 0.1) is 68.5 Å². The summed E-state index contributed by atoms with van der Waals surface area (Å²) in [7, 11) is 0. The van der Waals surface area contributed by atoms with E-state index in [4.69, 9.17) is 0 Å². The Bertz CT molecular complexity index is 906. The fourth-order valence-corrected chi connectivity index (χ4v) is 11.9. The average molecular weight is 455 g/mol. The van der Waals surface area contributed by atoms with Crippen LogP contribution < -0.4 is 0 Å². The molecule has 0 saturated heterocycles. The molecular formula is C30H46O3. The summed E-state index contributed by atoms with van der Waals surface area (Å²) < 4.78 is 0. The third-order valence-electron chi connectivity index (χ3n) is 13.8. The summed E-state index contributed by atoms with van der Waals surface area (Å²) >= 11 is 0. The molecule has 5 fully saturated rings. The van der Waals surface area contributed by atoms with Gasteiger partial charge in [-0.15, -0.1) is 0 Å². The molecule has 184 valence electrons. The number of aliphatic carboxylic acids is 1. The zero-order valence-corrected chi connectivity index (χ0v) is 21.7. The Hall–Kier alpha value is -0.830. The van der Waals surface area contributed by atoms with Gasteiger partial charge in [0.25, 0.3) is 0 Å². The van der Waals surface area contributed by atoms with Gasteiger partial charge in [-0.2, -0.15) is 0 Å². The van der Waals surface area contributed by atoms with Gasteiger partial charge in [-0.1, -0.05) is 60.1 Å². The largest absolute Gasteiger partial charge is 0.481 e. The molecule has 6 aliphatic rings. The van der Waals surface area contributed by atoms with E-state index in [1.807, 2.05) is 0 Å². The van der Waals surface area contributed by atoms with E-state index in [0.717, 1.165) is 25.7 Å². The number of carboxylic acids is 1. The third kappa shape index (κ3) is 2.40. The van der Waals surface area contributed by atoms with Crippen LogP contribution in [0.4, 0.5) is 0 Å². The molecule has 0 heterocycles. The number of carbonyl (C=O) groups is 1. The smallest absolute Gasteiger partial charge is 0.306 e. The van der Waals surface area contributed by atoms with E-state index in [1.54, 1.807) is 0 Å². The van der Waals surface area contributed by atoms with Gasteiger partial charge < -0.3 is 10.2 Å². The van der Waals surface area contributed by atoms with Crippen LogP contribution in [0.3, 0.4) is 0 Å². The lowest BCUT2D eigenvalue weighted by atomic mass is 9.36. The number of allylic oxidation sites excluding steroid dienone is 2. The first-order valence-corrected chi connectivity index (χ1v) is 14.0. The van der Waals surface area contributed by atoms with Crippen molar-refractivity contribution in [1.29, 1.82) is 0 Å². The lowest BCUT2D eigenvalue weighted by molar-refractivity contribution is -0.194. The zero-order chi connectivity index (χ0) is 23.8. The molecule has 0 bridgehead atoms. The Morgan fingerprint density at radius 2 is 1.73 bits per heavy atom. The monoisotopic (exact) mass is 454 g/mol. The Kier molecular flexibility index (Phi) is 4.44. The number of hydrogen-bond acceptors (Lipinski definition) is 2. The van der Waals surface area contributed by atoms with E-state index < -0.39 is 5.97 Å². The minimum absolute atomic E-state index is 0.0491. The van der Waals surface area contributed by atoms with Gasteiger partial charge in [0.2, 0.25) is 0 Å². The lowest BCUT2D eigenvalue weighted by Gasteiger charge is -2.68. The molecule has 0 aromatic rings. The molecule has 0 radical (unpaired) electrons. The summed E-state index contributed by atoms with van der Waals surface area (Å²) in [5.41, 5.74) is 0.701. The van der Waals surface area contributed by atoms with Crippen molar-refractivity contribution in [2.75, 3.05) is 0 Å². The number of aliphatic hydroxyl groups is 1. The van der Waals surface area contributed by atoms with E-state index in [0.29, 0.717) is 35.5 Å². The van der Waals surface area contributed by atoms with Crippen molar-refractivity contribution in [3.05, 3.63) is 12.2 Å². The average Bonchev–Trinajstić information content (AvgIpc) is 3.44. The predicted molar refractivity (Wildman–Crippen MR) is 130 cm³/mol. The predicted octanol–water partition coefficient (Wildman–Crippen LogP) is 6.56. The van der Waals surface area contributed by atoms with E-state index >= 15 is 0 Å². The second-order valence-electron chi connectivity index (χ2n) is 14.8. The molecule has 6 aliphatic carbocycles. The van der Waals surface area contributed by atoms with E-state index in [2.05, 4.69) is 53.7 Å². The van der Waals surface area contributed by atoms with Crippen molar-refractivity contribution >= 4 is 5.97 Å². The van der Waals surface area contributed by atoms with Gasteiger partial charge in [-0.25, -0.2) is 0 Å². The highest BCUT2D eigenvalue weighted by Crippen LogP contribution is 2.89. The van der Waals surface area contributed by atoms with Gasteiger partial charge in [-0.05, 0) is 108 Å². The van der Waals surface area contributed by atoms with Gasteiger partial charge >= 0.3 is 5.97 Å². The molecule has 6 rings (SSSR count). The summed E-state index contributed by atoms with van der Waals surface area (Å²) in [6.45, 7) is 14.5. The molecule has 0 aromatic heterocycles. The maximum atomic E-state index is 12.7. The Balaban J connectivity index is 1.47. The van der Waals surface area contributed by atoms with Crippen LogP contribution in [0.15, 0.2) is 12.2 Å². The lowest BCUT2D eigenvalue weighted by Crippen LogP contribution is -2.63. The second-order valence-corrected chi connectivity index (χ2v) is 14.8. The Morgan fingerprint density at radius 3 is 2.42 bits per heavy atom. The van der Waals surface area contributed by atoms with Crippen LogP contribution in [0.2, 0.25) is 0 Å². The minimum atomic E-state index is -0.529. The standard InChI is InChI=1S/C30H46O3/c1-17-7-8-19-20(25(32)33)15-30-16-29(30,24(19)18(17)2)14-10-22-27(5)12-11-23(31)26(3,4)21(27)9-13-28(22,30)6/h10,14,17-24,31H,7-9,11-13,15-16H2,1-6H3,(H,32,33). The maximum Gasteiger partial charge on any atom is 0.306 e. The van der Waals surface area contributed by atoms with Gasteiger partial charge in [0, 0.05) is 0 Å². The molecule has 0 aromatic carbocycles. The summed E-state index contributed by atoms with van der Waals surface area (Å²) in [4.78, 5) is 12.7. The van der Waals surface area contributed by atoms with Crippen molar-refractivity contribution in [3.8, 4) is 0 Å². The molecular weight excluding hydrogens is 408 g/mol. The number of fused-ring (bicyclic) bond motifs is 4. The number of aliphatic hydroxyl groups excluding tert-OH is 1. The van der Waals surface area contributed by atoms with Gasteiger partial charge in [0.05, 0.1) is 12.0 Å². The van der Waals surface area contributed by atoms with E-state index in [1.165, 1.54) is 25.7 Å². The van der Waals surface area contributed by atoms with Crippen LogP contribution >= 0.6 is 0 Å². The Morgan fingerprint density at radius 1 is 1.00 bits per heavy atom. The third-order valence-corrected chi connectivity index (χ3v) is 13.8. The molecule has 33 heavy (non-hydrogen) atoms. The quantitative estimate of drug-likeness (QED) is 0.441. The summed E-state index contributed by atoms with van der Waals surface area (Å²) in [5, 5.41) is 21.3. The zero-order valence-electron chi connectivity index (χ0n) is 21.7. The summed E-state index contributed by atoms with van der Waals surface area (Å²) in [6, 6.07) is 0. The molecule has 0 aliphatic heterocycles. The first-order chi connectivity index (χ1) is 15.4. The van der Waals surface area contributed by atoms with Gasteiger partial charge in [0.15, 0.2) is 0 Å². The maximum absolute atomic E-state index is 12.7. The van der Waals surface area contributed by atoms with Crippen LogP contribution in [0.25, 0.3) is 0 Å². The van der Waals surface area contributed by atoms with Crippen LogP contribution in [-0.2, 0) is 4.79 Å². The molecule has 3 heteroatoms. The van der Waals surface area contributed by atoms with Crippen LogP contribution in [-0.4, -0.2) is 22.3 Å². The second kappa shape index (κ2) is 6.48. The molecule has 2 N–H and O–H groups in total.